The molecule has 88 valence electrons. The van der Waals surface area contributed by atoms with Crippen LogP contribution in [0.3, 0.4) is 0 Å². The van der Waals surface area contributed by atoms with Gasteiger partial charge in [0.05, 0.1) is 23.4 Å². The summed E-state index contributed by atoms with van der Waals surface area (Å²) in [5.74, 6) is 0.492. The summed E-state index contributed by atoms with van der Waals surface area (Å²) in [6.45, 7) is 0.467. The van der Waals surface area contributed by atoms with Gasteiger partial charge < -0.3 is 10.5 Å². The second kappa shape index (κ2) is 5.51. The van der Waals surface area contributed by atoms with E-state index in [2.05, 4.69) is 4.98 Å². The Labute approximate surface area is 101 Å². The van der Waals surface area contributed by atoms with Gasteiger partial charge in [-0.25, -0.2) is 4.98 Å². The van der Waals surface area contributed by atoms with Crippen LogP contribution in [0, 0.1) is 0 Å². The number of aromatic nitrogens is 1. The van der Waals surface area contributed by atoms with Gasteiger partial charge in [-0.2, -0.15) is 0 Å². The molecule has 0 spiro atoms. The summed E-state index contributed by atoms with van der Waals surface area (Å²) in [5, 5.41) is 0.630. The number of pyridine rings is 1. The first-order chi connectivity index (χ1) is 7.75. The lowest BCUT2D eigenvalue weighted by molar-refractivity contribution is 0.0154. The van der Waals surface area contributed by atoms with Crippen LogP contribution in [0.15, 0.2) is 12.1 Å². The van der Waals surface area contributed by atoms with Crippen molar-refractivity contribution in [1.82, 2.24) is 4.98 Å². The summed E-state index contributed by atoms with van der Waals surface area (Å²) in [6.07, 6.45) is 6.54. The van der Waals surface area contributed by atoms with Gasteiger partial charge in [0.2, 0.25) is 0 Å². The lowest BCUT2D eigenvalue weighted by Crippen LogP contribution is -2.16. The summed E-state index contributed by atoms with van der Waals surface area (Å²) in [7, 11) is 0. The average Bonchev–Trinajstić information content (AvgIpc) is 2.32. The number of rotatable bonds is 3. The maximum absolute atomic E-state index is 6.02. The minimum Gasteiger partial charge on any atom is -0.384 e. The van der Waals surface area contributed by atoms with E-state index in [0.717, 1.165) is 18.5 Å². The molecule has 1 aliphatic carbocycles. The molecule has 0 atom stereocenters. The SMILES string of the molecule is Nc1ccc(Cl)c(COC2CCCCC2)n1. The van der Waals surface area contributed by atoms with E-state index in [-0.39, 0.29) is 0 Å². The quantitative estimate of drug-likeness (QED) is 0.883. The highest BCUT2D eigenvalue weighted by Gasteiger charge is 2.14. The van der Waals surface area contributed by atoms with Crippen LogP contribution in [0.2, 0.25) is 5.02 Å². The standard InChI is InChI=1S/C12H17ClN2O/c13-10-6-7-12(14)15-11(10)8-16-9-4-2-1-3-5-9/h6-7,9H,1-5,8H2,(H2,14,15). The van der Waals surface area contributed by atoms with E-state index in [4.69, 9.17) is 22.1 Å². The van der Waals surface area contributed by atoms with Gasteiger partial charge >= 0.3 is 0 Å². The van der Waals surface area contributed by atoms with Gasteiger partial charge in [0, 0.05) is 0 Å². The van der Waals surface area contributed by atoms with Gasteiger partial charge in [-0.05, 0) is 25.0 Å². The van der Waals surface area contributed by atoms with Crippen molar-refractivity contribution in [2.24, 2.45) is 0 Å². The lowest BCUT2D eigenvalue weighted by atomic mass is 9.98. The molecule has 0 saturated heterocycles. The molecule has 0 amide bonds. The summed E-state index contributed by atoms with van der Waals surface area (Å²) in [6, 6.07) is 3.47. The van der Waals surface area contributed by atoms with E-state index in [1.54, 1.807) is 12.1 Å². The van der Waals surface area contributed by atoms with E-state index < -0.39 is 0 Å². The van der Waals surface area contributed by atoms with Crippen molar-refractivity contribution in [2.45, 2.75) is 44.8 Å². The Kier molecular flexibility index (Phi) is 4.02. The lowest BCUT2D eigenvalue weighted by Gasteiger charge is -2.21. The summed E-state index contributed by atoms with van der Waals surface area (Å²) >= 11 is 6.02. The zero-order chi connectivity index (χ0) is 11.4. The maximum Gasteiger partial charge on any atom is 0.123 e. The Morgan fingerprint density at radius 3 is 2.81 bits per heavy atom. The summed E-state index contributed by atoms with van der Waals surface area (Å²) in [4.78, 5) is 4.18. The van der Waals surface area contributed by atoms with Gasteiger partial charge in [-0.3, -0.25) is 0 Å². The number of ether oxygens (including phenoxy) is 1. The molecule has 0 aromatic carbocycles. The van der Waals surface area contributed by atoms with Crippen LogP contribution in [-0.4, -0.2) is 11.1 Å². The van der Waals surface area contributed by atoms with E-state index in [0.29, 0.717) is 23.6 Å². The van der Waals surface area contributed by atoms with E-state index in [1.165, 1.54) is 19.3 Å². The molecule has 1 aromatic heterocycles. The number of hydrogen-bond donors (Lipinski definition) is 1. The molecule has 0 bridgehead atoms. The molecule has 0 radical (unpaired) electrons. The first-order valence-electron chi connectivity index (χ1n) is 5.78. The Bertz CT molecular complexity index is 351. The summed E-state index contributed by atoms with van der Waals surface area (Å²) < 4.78 is 5.80. The van der Waals surface area contributed by atoms with Crippen molar-refractivity contribution < 1.29 is 4.74 Å². The number of anilines is 1. The number of nitrogens with zero attached hydrogens (tertiary/aromatic N) is 1. The van der Waals surface area contributed by atoms with Gasteiger partial charge in [-0.1, -0.05) is 30.9 Å². The van der Waals surface area contributed by atoms with Crippen LogP contribution in [-0.2, 0) is 11.3 Å². The van der Waals surface area contributed by atoms with Gasteiger partial charge in [-0.15, -0.1) is 0 Å². The molecule has 2 N–H and O–H groups in total. The van der Waals surface area contributed by atoms with E-state index >= 15 is 0 Å². The van der Waals surface area contributed by atoms with Gasteiger partial charge in [0.25, 0.3) is 0 Å². The Hall–Kier alpha value is -0.800. The van der Waals surface area contributed by atoms with Crippen molar-refractivity contribution in [3.8, 4) is 0 Å². The maximum atomic E-state index is 6.02. The minimum atomic E-state index is 0.369. The first-order valence-corrected chi connectivity index (χ1v) is 6.16. The third-order valence-corrected chi connectivity index (χ3v) is 3.29. The number of nitrogen functional groups attached to an aromatic ring is 1. The highest BCUT2D eigenvalue weighted by Crippen LogP contribution is 2.23. The predicted octanol–water partition coefficient (Wildman–Crippen LogP) is 3.17. The molecule has 1 aromatic rings. The molecule has 0 unspecified atom stereocenters. The predicted molar refractivity (Wildman–Crippen MR) is 65.3 cm³/mol. The van der Waals surface area contributed by atoms with Crippen molar-refractivity contribution in [3.05, 3.63) is 22.8 Å². The van der Waals surface area contributed by atoms with Crippen LogP contribution in [0.5, 0.6) is 0 Å². The zero-order valence-electron chi connectivity index (χ0n) is 9.29. The van der Waals surface area contributed by atoms with Crippen molar-refractivity contribution in [3.63, 3.8) is 0 Å². The monoisotopic (exact) mass is 240 g/mol. The van der Waals surface area contributed by atoms with Crippen LogP contribution < -0.4 is 5.73 Å². The molecule has 1 aliphatic rings. The molecule has 2 rings (SSSR count). The fraction of sp³-hybridized carbons (Fsp3) is 0.583. The molecule has 3 nitrogen and oxygen atoms in total. The number of halogens is 1. The highest BCUT2D eigenvalue weighted by atomic mass is 35.5. The van der Waals surface area contributed by atoms with Crippen LogP contribution in [0.1, 0.15) is 37.8 Å². The Balaban J connectivity index is 1.90. The van der Waals surface area contributed by atoms with Gasteiger partial charge in [0.15, 0.2) is 0 Å². The largest absolute Gasteiger partial charge is 0.384 e. The second-order valence-electron chi connectivity index (χ2n) is 4.24. The minimum absolute atomic E-state index is 0.369. The fourth-order valence-corrected chi connectivity index (χ4v) is 2.19. The molecule has 1 saturated carbocycles. The zero-order valence-corrected chi connectivity index (χ0v) is 10.0. The van der Waals surface area contributed by atoms with Crippen molar-refractivity contribution in [1.29, 1.82) is 0 Å². The molecule has 0 aliphatic heterocycles. The van der Waals surface area contributed by atoms with E-state index in [9.17, 15) is 0 Å². The molecular weight excluding hydrogens is 224 g/mol. The normalized spacial score (nSPS) is 17.6. The third-order valence-electron chi connectivity index (χ3n) is 2.95. The molecule has 1 heterocycles. The molecular formula is C12H17ClN2O. The third kappa shape index (κ3) is 3.09. The molecule has 4 heteroatoms. The van der Waals surface area contributed by atoms with Gasteiger partial charge in [0.1, 0.15) is 5.82 Å². The Morgan fingerprint density at radius 2 is 2.06 bits per heavy atom. The van der Waals surface area contributed by atoms with E-state index in [1.807, 2.05) is 0 Å². The van der Waals surface area contributed by atoms with Crippen LogP contribution in [0.25, 0.3) is 0 Å². The molecule has 16 heavy (non-hydrogen) atoms. The van der Waals surface area contributed by atoms with Crippen LogP contribution in [0.4, 0.5) is 5.82 Å². The summed E-state index contributed by atoms with van der Waals surface area (Å²) in [5.41, 5.74) is 6.35. The second-order valence-corrected chi connectivity index (χ2v) is 4.64. The average molecular weight is 241 g/mol. The highest BCUT2D eigenvalue weighted by molar-refractivity contribution is 6.31. The number of hydrogen-bond acceptors (Lipinski definition) is 3. The number of nitrogens with two attached hydrogens (primary N) is 1. The molecule has 1 fully saturated rings. The Morgan fingerprint density at radius 1 is 1.31 bits per heavy atom. The van der Waals surface area contributed by atoms with Crippen LogP contribution >= 0.6 is 11.6 Å². The topological polar surface area (TPSA) is 48.1 Å². The van der Waals surface area contributed by atoms with Crippen molar-refractivity contribution in [2.75, 3.05) is 5.73 Å². The fourth-order valence-electron chi connectivity index (χ4n) is 2.03. The smallest absolute Gasteiger partial charge is 0.123 e. The van der Waals surface area contributed by atoms with Crippen molar-refractivity contribution >= 4 is 17.4 Å². The first kappa shape index (κ1) is 11.7.